The van der Waals surface area contributed by atoms with Gasteiger partial charge in [0.15, 0.2) is 4.34 Å². The summed E-state index contributed by atoms with van der Waals surface area (Å²) in [5, 5.41) is 7.73. The quantitative estimate of drug-likeness (QED) is 0.734. The molecule has 2 aromatic rings. The van der Waals surface area contributed by atoms with Crippen molar-refractivity contribution in [2.75, 3.05) is 12.3 Å². The summed E-state index contributed by atoms with van der Waals surface area (Å²) in [5.41, 5.74) is 4.09. The van der Waals surface area contributed by atoms with Crippen LogP contribution in [0.2, 0.25) is 0 Å². The van der Waals surface area contributed by atoms with Crippen LogP contribution in [0.1, 0.15) is 24.5 Å². The van der Waals surface area contributed by atoms with Gasteiger partial charge in [-0.3, -0.25) is 4.79 Å². The lowest BCUT2D eigenvalue weighted by Gasteiger charge is -2.22. The van der Waals surface area contributed by atoms with Gasteiger partial charge in [0.05, 0.1) is 5.75 Å². The molecule has 0 aliphatic rings. The molecular weight excluding hydrogens is 302 g/mol. The fourth-order valence-corrected chi connectivity index (χ4v) is 3.31. The van der Waals surface area contributed by atoms with Crippen molar-refractivity contribution in [1.29, 1.82) is 0 Å². The molecule has 0 aliphatic carbocycles. The van der Waals surface area contributed by atoms with Crippen molar-refractivity contribution in [2.45, 2.75) is 31.2 Å². The molecule has 1 heterocycles. The van der Waals surface area contributed by atoms with E-state index >= 15 is 0 Å². The Morgan fingerprint density at radius 1 is 1.33 bits per heavy atom. The van der Waals surface area contributed by atoms with Gasteiger partial charge in [-0.1, -0.05) is 59.9 Å². The zero-order chi connectivity index (χ0) is 15.1. The van der Waals surface area contributed by atoms with Crippen LogP contribution in [-0.2, 0) is 11.3 Å². The highest BCUT2D eigenvalue weighted by molar-refractivity contribution is 8.01. The molecule has 6 heteroatoms. The van der Waals surface area contributed by atoms with Crippen molar-refractivity contribution in [1.82, 2.24) is 15.1 Å². The third-order valence-electron chi connectivity index (χ3n) is 3.00. The summed E-state index contributed by atoms with van der Waals surface area (Å²) in [6.45, 7) is 5.61. The van der Waals surface area contributed by atoms with E-state index in [0.717, 1.165) is 17.3 Å². The van der Waals surface area contributed by atoms with Crippen LogP contribution >= 0.6 is 23.1 Å². The molecule has 1 aromatic heterocycles. The van der Waals surface area contributed by atoms with Gasteiger partial charge in [-0.15, -0.1) is 10.2 Å². The minimum absolute atomic E-state index is 0.151. The monoisotopic (exact) mass is 321 g/mol. The Morgan fingerprint density at radius 3 is 2.71 bits per heavy atom. The summed E-state index contributed by atoms with van der Waals surface area (Å²) in [6.07, 6.45) is 0.959. The number of aromatic nitrogens is 2. The predicted octanol–water partition coefficient (Wildman–Crippen LogP) is 3.38. The van der Waals surface area contributed by atoms with E-state index in [1.54, 1.807) is 5.51 Å². The Kier molecular flexibility index (Phi) is 6.20. The lowest BCUT2D eigenvalue weighted by atomic mass is 10.1. The molecule has 0 fully saturated rings. The number of carbonyl (C=O) groups is 1. The van der Waals surface area contributed by atoms with Crippen LogP contribution in [0.5, 0.6) is 0 Å². The predicted molar refractivity (Wildman–Crippen MR) is 87.5 cm³/mol. The second-order valence-electron chi connectivity index (χ2n) is 4.79. The third kappa shape index (κ3) is 5.13. The van der Waals surface area contributed by atoms with E-state index in [1.807, 2.05) is 4.90 Å². The van der Waals surface area contributed by atoms with E-state index in [9.17, 15) is 4.79 Å². The fourth-order valence-electron chi connectivity index (χ4n) is 1.92. The summed E-state index contributed by atoms with van der Waals surface area (Å²) >= 11 is 2.92. The number of thioether (sulfide) groups is 1. The normalized spacial score (nSPS) is 10.6. The highest BCUT2D eigenvalue weighted by atomic mass is 32.2. The maximum atomic E-state index is 12.4. The number of carbonyl (C=O) groups excluding carboxylic acids is 1. The molecular formula is C15H19N3OS2. The first-order valence-corrected chi connectivity index (χ1v) is 8.78. The second kappa shape index (κ2) is 8.14. The first-order valence-electron chi connectivity index (χ1n) is 6.91. The van der Waals surface area contributed by atoms with Crippen LogP contribution in [0.3, 0.4) is 0 Å². The van der Waals surface area contributed by atoms with E-state index in [-0.39, 0.29) is 5.91 Å². The minimum Gasteiger partial charge on any atom is -0.338 e. The van der Waals surface area contributed by atoms with Crippen molar-refractivity contribution < 1.29 is 4.79 Å². The number of nitrogens with zero attached hydrogens (tertiary/aromatic N) is 3. The summed E-state index contributed by atoms with van der Waals surface area (Å²) in [7, 11) is 0. The Bertz CT molecular complexity index is 555. The number of hydrogen-bond acceptors (Lipinski definition) is 5. The van der Waals surface area contributed by atoms with Crippen molar-refractivity contribution in [3.63, 3.8) is 0 Å². The molecule has 1 amide bonds. The summed E-state index contributed by atoms with van der Waals surface area (Å²) < 4.78 is 0.843. The minimum atomic E-state index is 0.151. The van der Waals surface area contributed by atoms with E-state index < -0.39 is 0 Å². The topological polar surface area (TPSA) is 46.1 Å². The number of benzene rings is 1. The van der Waals surface area contributed by atoms with Gasteiger partial charge in [0.1, 0.15) is 5.51 Å². The maximum Gasteiger partial charge on any atom is 0.233 e. The Balaban J connectivity index is 1.93. The molecule has 0 saturated heterocycles. The van der Waals surface area contributed by atoms with Crippen molar-refractivity contribution >= 4 is 29.0 Å². The van der Waals surface area contributed by atoms with Gasteiger partial charge in [0, 0.05) is 13.1 Å². The summed E-state index contributed by atoms with van der Waals surface area (Å²) in [4.78, 5) is 14.3. The van der Waals surface area contributed by atoms with Gasteiger partial charge in [-0.25, -0.2) is 0 Å². The van der Waals surface area contributed by atoms with E-state index in [4.69, 9.17) is 0 Å². The van der Waals surface area contributed by atoms with Gasteiger partial charge in [-0.05, 0) is 18.9 Å². The molecule has 0 radical (unpaired) electrons. The molecule has 0 aliphatic heterocycles. The van der Waals surface area contributed by atoms with Crippen LogP contribution in [0.4, 0.5) is 0 Å². The van der Waals surface area contributed by atoms with Crippen LogP contribution < -0.4 is 0 Å². The third-order valence-corrected chi connectivity index (χ3v) is 4.84. The first kappa shape index (κ1) is 16.0. The van der Waals surface area contributed by atoms with Gasteiger partial charge < -0.3 is 4.90 Å². The maximum absolute atomic E-state index is 12.4. The van der Waals surface area contributed by atoms with Crippen LogP contribution in [0.15, 0.2) is 34.1 Å². The zero-order valence-corrected chi connectivity index (χ0v) is 13.9. The van der Waals surface area contributed by atoms with Gasteiger partial charge in [0.25, 0.3) is 0 Å². The number of aryl methyl sites for hydroxylation is 1. The van der Waals surface area contributed by atoms with E-state index in [0.29, 0.717) is 12.3 Å². The molecule has 0 atom stereocenters. The average molecular weight is 321 g/mol. The largest absolute Gasteiger partial charge is 0.338 e. The molecule has 112 valence electrons. The molecule has 2 rings (SSSR count). The second-order valence-corrected chi connectivity index (χ2v) is 6.85. The van der Waals surface area contributed by atoms with Crippen molar-refractivity contribution in [3.8, 4) is 0 Å². The molecule has 1 aromatic carbocycles. The molecule has 0 spiro atoms. The lowest BCUT2D eigenvalue weighted by Crippen LogP contribution is -2.32. The van der Waals surface area contributed by atoms with Crippen LogP contribution in [0, 0.1) is 6.92 Å². The molecule has 21 heavy (non-hydrogen) atoms. The smallest absolute Gasteiger partial charge is 0.233 e. The first-order chi connectivity index (χ1) is 10.2. The molecule has 0 unspecified atom stereocenters. The lowest BCUT2D eigenvalue weighted by molar-refractivity contribution is -0.129. The van der Waals surface area contributed by atoms with E-state index in [2.05, 4.69) is 48.3 Å². The standard InChI is InChI=1S/C15H19N3OS2/c1-3-8-18(9-13-6-4-12(2)5-7-13)14(19)10-20-15-17-16-11-21-15/h4-7,11H,3,8-10H2,1-2H3. The van der Waals surface area contributed by atoms with Gasteiger partial charge >= 0.3 is 0 Å². The highest BCUT2D eigenvalue weighted by Gasteiger charge is 2.14. The Morgan fingerprint density at radius 2 is 2.10 bits per heavy atom. The Hall–Kier alpha value is -1.40. The number of rotatable bonds is 7. The van der Waals surface area contributed by atoms with Gasteiger partial charge in [-0.2, -0.15) is 0 Å². The fraction of sp³-hybridized carbons (Fsp3) is 0.400. The number of amides is 1. The number of hydrogen-bond donors (Lipinski definition) is 0. The SMILES string of the molecule is CCCN(Cc1ccc(C)cc1)C(=O)CSc1nncs1. The zero-order valence-electron chi connectivity index (χ0n) is 12.3. The summed E-state index contributed by atoms with van der Waals surface area (Å²) in [5.74, 6) is 0.568. The van der Waals surface area contributed by atoms with E-state index in [1.165, 1.54) is 34.2 Å². The molecule has 0 saturated carbocycles. The van der Waals surface area contributed by atoms with Gasteiger partial charge in [0.2, 0.25) is 5.91 Å². The molecule has 0 bridgehead atoms. The van der Waals surface area contributed by atoms with Crippen LogP contribution in [0.25, 0.3) is 0 Å². The van der Waals surface area contributed by atoms with Crippen molar-refractivity contribution in [3.05, 3.63) is 40.9 Å². The Labute approximate surface area is 133 Å². The van der Waals surface area contributed by atoms with Crippen molar-refractivity contribution in [2.24, 2.45) is 0 Å². The summed E-state index contributed by atoms with van der Waals surface area (Å²) in [6, 6.07) is 8.34. The molecule has 0 N–H and O–H groups in total. The molecule has 4 nitrogen and oxygen atoms in total. The van der Waals surface area contributed by atoms with Crippen LogP contribution in [-0.4, -0.2) is 33.3 Å². The average Bonchev–Trinajstić information content (AvgIpc) is 3.00. The highest BCUT2D eigenvalue weighted by Crippen LogP contribution is 2.19.